The van der Waals surface area contributed by atoms with E-state index in [1.807, 2.05) is 37.2 Å². The zero-order valence-electron chi connectivity index (χ0n) is 17.7. The molecular formula is C22H29ClN2O4. The van der Waals surface area contributed by atoms with Crippen molar-refractivity contribution >= 4 is 29.6 Å². The van der Waals surface area contributed by atoms with Crippen LogP contribution in [0.3, 0.4) is 0 Å². The Kier molecular flexibility index (Phi) is 7.88. The van der Waals surface area contributed by atoms with Crippen molar-refractivity contribution in [1.82, 2.24) is 9.80 Å². The Balaban J connectivity index is 2.08. The molecule has 6 nitrogen and oxygen atoms in total. The van der Waals surface area contributed by atoms with Crippen molar-refractivity contribution in [2.24, 2.45) is 0 Å². The molecule has 158 valence electrons. The minimum absolute atomic E-state index is 0.0950. The molecule has 1 aliphatic heterocycles. The quantitative estimate of drug-likeness (QED) is 0.499. The molecule has 1 aliphatic rings. The molecule has 0 saturated carbocycles. The number of amides is 1. The Hall–Kier alpha value is -2.31. The lowest BCUT2D eigenvalue weighted by atomic mass is 10.1. The lowest BCUT2D eigenvalue weighted by Gasteiger charge is -2.25. The normalized spacial score (nSPS) is 13.7. The number of nitrogens with zero attached hydrogens (tertiary/aromatic N) is 2. The van der Waals surface area contributed by atoms with Crippen LogP contribution >= 0.6 is 11.6 Å². The van der Waals surface area contributed by atoms with Crippen molar-refractivity contribution in [1.29, 1.82) is 0 Å². The highest BCUT2D eigenvalue weighted by atomic mass is 35.5. The van der Waals surface area contributed by atoms with Crippen molar-refractivity contribution in [3.8, 4) is 5.75 Å². The predicted octanol–water partition coefficient (Wildman–Crippen LogP) is 3.40. The summed E-state index contributed by atoms with van der Waals surface area (Å²) in [4.78, 5) is 28.4. The van der Waals surface area contributed by atoms with Gasteiger partial charge in [0.15, 0.2) is 0 Å². The number of benzene rings is 1. The van der Waals surface area contributed by atoms with E-state index >= 15 is 0 Å². The fourth-order valence-corrected chi connectivity index (χ4v) is 2.84. The minimum atomic E-state index is -0.595. The molecule has 0 bridgehead atoms. The minimum Gasteiger partial charge on any atom is -0.488 e. The van der Waals surface area contributed by atoms with E-state index < -0.39 is 11.6 Å². The summed E-state index contributed by atoms with van der Waals surface area (Å²) in [5.41, 5.74) is 1.12. The van der Waals surface area contributed by atoms with Crippen LogP contribution in [0.15, 0.2) is 35.9 Å². The zero-order valence-corrected chi connectivity index (χ0v) is 18.5. The van der Waals surface area contributed by atoms with Gasteiger partial charge in [-0.25, -0.2) is 0 Å². The lowest BCUT2D eigenvalue weighted by molar-refractivity contribution is -0.158. The van der Waals surface area contributed by atoms with Gasteiger partial charge in [-0.05, 0) is 64.7 Å². The highest BCUT2D eigenvalue weighted by molar-refractivity contribution is 6.30. The predicted molar refractivity (Wildman–Crippen MR) is 115 cm³/mol. The first-order valence-electron chi connectivity index (χ1n) is 9.50. The van der Waals surface area contributed by atoms with Gasteiger partial charge in [-0.3, -0.25) is 9.59 Å². The molecule has 0 unspecified atom stereocenters. The summed E-state index contributed by atoms with van der Waals surface area (Å²) in [6.07, 6.45) is 5.11. The third-order valence-corrected chi connectivity index (χ3v) is 4.25. The van der Waals surface area contributed by atoms with Gasteiger partial charge in [-0.2, -0.15) is 0 Å². The smallest absolute Gasteiger partial charge is 0.326 e. The monoisotopic (exact) mass is 420 g/mol. The molecule has 1 heterocycles. The van der Waals surface area contributed by atoms with Gasteiger partial charge in [-0.15, -0.1) is 0 Å². The third kappa shape index (κ3) is 7.91. The van der Waals surface area contributed by atoms with Gasteiger partial charge in [0.1, 0.15) is 24.5 Å². The largest absolute Gasteiger partial charge is 0.488 e. The number of esters is 1. The Bertz CT molecular complexity index is 810. The molecule has 0 saturated heterocycles. The van der Waals surface area contributed by atoms with Crippen LogP contribution < -0.4 is 4.74 Å². The van der Waals surface area contributed by atoms with Crippen LogP contribution in [0.1, 0.15) is 26.3 Å². The van der Waals surface area contributed by atoms with Crippen LogP contribution in [0, 0.1) is 0 Å². The standard InChI is InChI=1S/C22H29ClN2O4/c1-22(2,3)29-21(27)14-25(11-10-24(4)5)20(26)9-6-16-12-17-13-18(23)7-8-19(17)28-15-16/h6-9,12-13H,10-11,14-15H2,1-5H3. The lowest BCUT2D eigenvalue weighted by Crippen LogP contribution is -2.41. The van der Waals surface area contributed by atoms with Crippen molar-refractivity contribution < 1.29 is 19.1 Å². The number of ether oxygens (including phenoxy) is 2. The molecule has 7 heteroatoms. The second-order valence-corrected chi connectivity index (χ2v) is 8.61. The molecule has 0 spiro atoms. The summed E-state index contributed by atoms with van der Waals surface area (Å²) < 4.78 is 11.1. The van der Waals surface area contributed by atoms with Gasteiger partial charge >= 0.3 is 5.97 Å². The maximum absolute atomic E-state index is 12.7. The number of hydrogen-bond acceptors (Lipinski definition) is 5. The molecule has 0 N–H and O–H groups in total. The van der Waals surface area contributed by atoms with Crippen LogP contribution in [0.2, 0.25) is 5.02 Å². The fraction of sp³-hybridized carbons (Fsp3) is 0.455. The number of fused-ring (bicyclic) bond motifs is 1. The highest BCUT2D eigenvalue weighted by Gasteiger charge is 2.21. The first-order chi connectivity index (χ1) is 13.5. The summed E-state index contributed by atoms with van der Waals surface area (Å²) in [6, 6.07) is 5.42. The van der Waals surface area contributed by atoms with Crippen molar-refractivity contribution in [2.75, 3.05) is 40.3 Å². The second kappa shape index (κ2) is 9.94. The Labute approximate surface area is 177 Å². The molecular weight excluding hydrogens is 392 g/mol. The maximum atomic E-state index is 12.7. The number of hydrogen-bond donors (Lipinski definition) is 0. The Morgan fingerprint density at radius 1 is 1.24 bits per heavy atom. The first-order valence-corrected chi connectivity index (χ1v) is 9.88. The number of rotatable bonds is 7. The summed E-state index contributed by atoms with van der Waals surface area (Å²) in [6.45, 7) is 6.73. The van der Waals surface area contributed by atoms with Gasteiger partial charge in [0.2, 0.25) is 5.91 Å². The average Bonchev–Trinajstić information content (AvgIpc) is 2.61. The number of carbonyl (C=O) groups is 2. The fourth-order valence-electron chi connectivity index (χ4n) is 2.66. The average molecular weight is 421 g/mol. The van der Waals surface area contributed by atoms with Crippen LogP contribution in [0.4, 0.5) is 0 Å². The molecule has 2 rings (SSSR count). The molecule has 0 radical (unpaired) electrons. The molecule has 0 fully saturated rings. The van der Waals surface area contributed by atoms with Crippen molar-refractivity contribution in [3.63, 3.8) is 0 Å². The number of carbonyl (C=O) groups excluding carboxylic acids is 2. The van der Waals surface area contributed by atoms with Crippen molar-refractivity contribution in [3.05, 3.63) is 46.5 Å². The summed E-state index contributed by atoms with van der Waals surface area (Å²) in [7, 11) is 3.83. The molecule has 29 heavy (non-hydrogen) atoms. The van der Waals surface area contributed by atoms with E-state index in [1.54, 1.807) is 32.9 Å². The second-order valence-electron chi connectivity index (χ2n) is 8.17. The molecule has 1 amide bonds. The maximum Gasteiger partial charge on any atom is 0.326 e. The van der Waals surface area contributed by atoms with E-state index in [0.717, 1.165) is 16.9 Å². The highest BCUT2D eigenvalue weighted by Crippen LogP contribution is 2.29. The molecule has 0 aromatic heterocycles. The third-order valence-electron chi connectivity index (χ3n) is 4.02. The van der Waals surface area contributed by atoms with Crippen LogP contribution in [0.25, 0.3) is 6.08 Å². The van der Waals surface area contributed by atoms with E-state index in [-0.39, 0.29) is 12.5 Å². The number of likely N-dealkylation sites (N-methyl/N-ethyl adjacent to an activating group) is 1. The first kappa shape index (κ1) is 23.0. The van der Waals surface area contributed by atoms with Gasteiger partial charge in [0.05, 0.1) is 0 Å². The van der Waals surface area contributed by atoms with Gasteiger partial charge < -0.3 is 19.3 Å². The summed E-state index contributed by atoms with van der Waals surface area (Å²) >= 11 is 6.04. The number of halogens is 1. The summed E-state index contributed by atoms with van der Waals surface area (Å²) in [5, 5.41) is 0.622. The van der Waals surface area contributed by atoms with E-state index in [0.29, 0.717) is 24.7 Å². The molecule has 0 aliphatic carbocycles. The Morgan fingerprint density at radius 3 is 2.62 bits per heavy atom. The molecule has 1 aromatic carbocycles. The van der Waals surface area contributed by atoms with E-state index in [9.17, 15) is 9.59 Å². The van der Waals surface area contributed by atoms with E-state index in [2.05, 4.69) is 0 Å². The summed E-state index contributed by atoms with van der Waals surface area (Å²) in [5.74, 6) is 0.0766. The Morgan fingerprint density at radius 2 is 1.97 bits per heavy atom. The molecule has 1 aromatic rings. The van der Waals surface area contributed by atoms with E-state index in [4.69, 9.17) is 21.1 Å². The van der Waals surface area contributed by atoms with Crippen LogP contribution in [-0.2, 0) is 14.3 Å². The molecule has 0 atom stereocenters. The topological polar surface area (TPSA) is 59.1 Å². The zero-order chi connectivity index (χ0) is 21.6. The van der Waals surface area contributed by atoms with Crippen LogP contribution in [0.5, 0.6) is 5.75 Å². The van der Waals surface area contributed by atoms with E-state index in [1.165, 1.54) is 11.0 Å². The van der Waals surface area contributed by atoms with Gasteiger partial charge in [-0.1, -0.05) is 17.7 Å². The van der Waals surface area contributed by atoms with Gasteiger partial charge in [0.25, 0.3) is 0 Å². The van der Waals surface area contributed by atoms with Gasteiger partial charge in [0, 0.05) is 29.8 Å². The van der Waals surface area contributed by atoms with Crippen LogP contribution in [-0.4, -0.2) is 67.6 Å². The van der Waals surface area contributed by atoms with Crippen molar-refractivity contribution in [2.45, 2.75) is 26.4 Å². The SMILES string of the molecule is CN(C)CCN(CC(=O)OC(C)(C)C)C(=O)C=CC1=Cc2cc(Cl)ccc2OC1.